The zero-order valence-corrected chi connectivity index (χ0v) is 18.4. The number of carbonyl (C=O) groups is 2. The molecule has 2 N–H and O–H groups in total. The van der Waals surface area contributed by atoms with Crippen LogP contribution in [0.4, 0.5) is 0 Å². The molecule has 1 aliphatic heterocycles. The van der Waals surface area contributed by atoms with Gasteiger partial charge in [-0.1, -0.05) is 60.1 Å². The molecule has 1 atom stereocenters. The van der Waals surface area contributed by atoms with Gasteiger partial charge in [-0.3, -0.25) is 0 Å². The largest absolute Gasteiger partial charge is 0.478 e. The van der Waals surface area contributed by atoms with Gasteiger partial charge in [0.2, 0.25) is 0 Å². The van der Waals surface area contributed by atoms with Gasteiger partial charge in [0.15, 0.2) is 0 Å². The molecule has 0 amide bonds. The highest BCUT2D eigenvalue weighted by molar-refractivity contribution is 6.30. The van der Waals surface area contributed by atoms with E-state index in [-0.39, 0.29) is 17.8 Å². The van der Waals surface area contributed by atoms with Crippen LogP contribution >= 0.6 is 11.6 Å². The average molecular weight is 438 g/mol. The number of rotatable bonds is 6. The highest BCUT2D eigenvalue weighted by atomic mass is 35.5. The average Bonchev–Trinajstić information content (AvgIpc) is 2.72. The number of halogens is 1. The van der Waals surface area contributed by atoms with Crippen LogP contribution < -0.4 is 5.32 Å². The van der Waals surface area contributed by atoms with Crippen molar-refractivity contribution in [3.8, 4) is 0 Å². The summed E-state index contributed by atoms with van der Waals surface area (Å²) in [6.45, 7) is 5.39. The van der Waals surface area contributed by atoms with E-state index in [1.807, 2.05) is 43.3 Å². The summed E-state index contributed by atoms with van der Waals surface area (Å²) in [6.07, 6.45) is 1.94. The number of dihydropyridines is 1. The Bertz CT molecular complexity index is 1100. The summed E-state index contributed by atoms with van der Waals surface area (Å²) in [5.41, 5.74) is 3.89. The number of carboxylic acids is 1. The van der Waals surface area contributed by atoms with Crippen LogP contribution in [-0.2, 0) is 14.3 Å². The molecule has 0 saturated carbocycles. The van der Waals surface area contributed by atoms with Crippen molar-refractivity contribution in [1.82, 2.24) is 5.32 Å². The predicted molar refractivity (Wildman–Crippen MR) is 121 cm³/mol. The van der Waals surface area contributed by atoms with Crippen LogP contribution in [0.2, 0.25) is 5.02 Å². The standard InChI is InChI=1S/C25H24ClNO4/c1-15(12-18-8-5-4-6-9-18)14-31-25(30)22-17(3)27-16(2)21(24(28)29)23(22)19-10-7-11-20(26)13-19/h4-13,23,27H,14H2,1-3H3,(H,28,29). The fourth-order valence-electron chi connectivity index (χ4n) is 3.70. The first-order valence-electron chi connectivity index (χ1n) is 9.84. The molecule has 31 heavy (non-hydrogen) atoms. The van der Waals surface area contributed by atoms with Gasteiger partial charge < -0.3 is 15.2 Å². The maximum Gasteiger partial charge on any atom is 0.337 e. The molecule has 1 heterocycles. The number of aliphatic carboxylic acids is 1. The third-order valence-corrected chi connectivity index (χ3v) is 5.27. The van der Waals surface area contributed by atoms with Crippen molar-refractivity contribution in [1.29, 1.82) is 0 Å². The molecule has 0 radical (unpaired) electrons. The lowest BCUT2D eigenvalue weighted by Crippen LogP contribution is -2.32. The van der Waals surface area contributed by atoms with E-state index < -0.39 is 17.9 Å². The maximum absolute atomic E-state index is 13.1. The van der Waals surface area contributed by atoms with Gasteiger partial charge in [-0.05, 0) is 49.6 Å². The summed E-state index contributed by atoms with van der Waals surface area (Å²) in [6, 6.07) is 16.6. The highest BCUT2D eigenvalue weighted by Crippen LogP contribution is 2.39. The molecule has 3 rings (SSSR count). The number of hydrogen-bond donors (Lipinski definition) is 2. The summed E-state index contributed by atoms with van der Waals surface area (Å²) in [5, 5.41) is 13.3. The number of nitrogens with one attached hydrogen (secondary N) is 1. The fraction of sp³-hybridized carbons (Fsp3) is 0.200. The monoisotopic (exact) mass is 437 g/mol. The normalized spacial score (nSPS) is 16.8. The molecule has 0 spiro atoms. The first kappa shape index (κ1) is 22.4. The van der Waals surface area contributed by atoms with Crippen LogP contribution in [-0.4, -0.2) is 23.7 Å². The minimum absolute atomic E-state index is 0.0939. The minimum atomic E-state index is -1.10. The van der Waals surface area contributed by atoms with Gasteiger partial charge in [0.05, 0.1) is 17.1 Å². The number of hydrogen-bond acceptors (Lipinski definition) is 4. The third-order valence-electron chi connectivity index (χ3n) is 5.04. The molecule has 0 fully saturated rings. The molecule has 6 heteroatoms. The Morgan fingerprint density at radius 3 is 2.39 bits per heavy atom. The Balaban J connectivity index is 1.91. The van der Waals surface area contributed by atoms with Crippen molar-refractivity contribution >= 4 is 29.6 Å². The third kappa shape index (κ3) is 5.25. The molecule has 0 aliphatic carbocycles. The second kappa shape index (κ2) is 9.67. The van der Waals surface area contributed by atoms with E-state index in [9.17, 15) is 14.7 Å². The Hall–Kier alpha value is -3.31. The van der Waals surface area contributed by atoms with Gasteiger partial charge in [0.25, 0.3) is 0 Å². The van der Waals surface area contributed by atoms with Crippen LogP contribution in [0.1, 0.15) is 37.8 Å². The van der Waals surface area contributed by atoms with E-state index in [1.165, 1.54) is 0 Å². The Labute approximate surface area is 186 Å². The van der Waals surface area contributed by atoms with Crippen LogP contribution in [0.15, 0.2) is 82.7 Å². The molecular weight excluding hydrogens is 414 g/mol. The van der Waals surface area contributed by atoms with E-state index in [2.05, 4.69) is 5.32 Å². The number of benzene rings is 2. The van der Waals surface area contributed by atoms with Crippen LogP contribution in [0, 0.1) is 0 Å². The predicted octanol–water partition coefficient (Wildman–Crippen LogP) is 5.31. The zero-order valence-electron chi connectivity index (χ0n) is 17.6. The minimum Gasteiger partial charge on any atom is -0.478 e. The number of carboxylic acid groups (broad SMARTS) is 1. The molecule has 0 bridgehead atoms. The van der Waals surface area contributed by atoms with Gasteiger partial charge in [-0.15, -0.1) is 0 Å². The van der Waals surface area contributed by atoms with Gasteiger partial charge in [0.1, 0.15) is 6.61 Å². The topological polar surface area (TPSA) is 75.6 Å². The van der Waals surface area contributed by atoms with Crippen molar-refractivity contribution < 1.29 is 19.4 Å². The first-order chi connectivity index (χ1) is 14.8. The van der Waals surface area contributed by atoms with E-state index in [0.717, 1.165) is 11.1 Å². The van der Waals surface area contributed by atoms with E-state index in [0.29, 0.717) is 22.0 Å². The summed E-state index contributed by atoms with van der Waals surface area (Å²) < 4.78 is 5.58. The number of esters is 1. The summed E-state index contributed by atoms with van der Waals surface area (Å²) in [7, 11) is 0. The first-order valence-corrected chi connectivity index (χ1v) is 10.2. The van der Waals surface area contributed by atoms with Gasteiger partial charge >= 0.3 is 11.9 Å². The maximum atomic E-state index is 13.1. The Kier molecular flexibility index (Phi) is 6.98. The molecule has 1 aliphatic rings. The molecular formula is C25H24ClNO4. The number of ether oxygens (including phenoxy) is 1. The zero-order chi connectivity index (χ0) is 22.5. The molecule has 2 aromatic rings. The Morgan fingerprint density at radius 2 is 1.74 bits per heavy atom. The van der Waals surface area contributed by atoms with Crippen molar-refractivity contribution in [2.45, 2.75) is 26.7 Å². The van der Waals surface area contributed by atoms with E-state index in [1.54, 1.807) is 38.1 Å². The van der Waals surface area contributed by atoms with E-state index >= 15 is 0 Å². The van der Waals surface area contributed by atoms with Gasteiger partial charge in [-0.25, -0.2) is 9.59 Å². The molecule has 2 aromatic carbocycles. The summed E-state index contributed by atoms with van der Waals surface area (Å²) in [5.74, 6) is -2.46. The number of allylic oxidation sites excluding steroid dienone is 2. The van der Waals surface area contributed by atoms with Crippen LogP contribution in [0.25, 0.3) is 6.08 Å². The molecule has 160 valence electrons. The molecule has 0 aromatic heterocycles. The molecule has 1 unspecified atom stereocenters. The van der Waals surface area contributed by atoms with Crippen molar-refractivity contribution in [3.05, 3.63) is 98.9 Å². The van der Waals surface area contributed by atoms with Gasteiger partial charge in [-0.2, -0.15) is 0 Å². The fourth-order valence-corrected chi connectivity index (χ4v) is 3.90. The highest BCUT2D eigenvalue weighted by Gasteiger charge is 2.37. The SMILES string of the molecule is CC(=Cc1ccccc1)COC(=O)C1=C(C)NC(C)=C(C(=O)O)C1c1cccc(Cl)c1. The van der Waals surface area contributed by atoms with Crippen molar-refractivity contribution in [3.63, 3.8) is 0 Å². The summed E-state index contributed by atoms with van der Waals surface area (Å²) in [4.78, 5) is 25.2. The smallest absolute Gasteiger partial charge is 0.337 e. The lowest BCUT2D eigenvalue weighted by molar-refractivity contribution is -0.138. The lowest BCUT2D eigenvalue weighted by atomic mass is 9.80. The van der Waals surface area contributed by atoms with Crippen molar-refractivity contribution in [2.75, 3.05) is 6.61 Å². The Morgan fingerprint density at radius 1 is 1.06 bits per heavy atom. The van der Waals surface area contributed by atoms with Crippen LogP contribution in [0.5, 0.6) is 0 Å². The molecule has 5 nitrogen and oxygen atoms in total. The quantitative estimate of drug-likeness (QED) is 0.599. The second-order valence-corrected chi connectivity index (χ2v) is 7.91. The number of carbonyl (C=O) groups excluding carboxylic acids is 1. The lowest BCUT2D eigenvalue weighted by Gasteiger charge is -2.29. The van der Waals surface area contributed by atoms with Crippen LogP contribution in [0.3, 0.4) is 0 Å². The molecule has 0 saturated heterocycles. The summed E-state index contributed by atoms with van der Waals surface area (Å²) >= 11 is 6.15. The van der Waals surface area contributed by atoms with E-state index in [4.69, 9.17) is 16.3 Å². The second-order valence-electron chi connectivity index (χ2n) is 7.47. The van der Waals surface area contributed by atoms with Gasteiger partial charge in [0, 0.05) is 16.4 Å². The van der Waals surface area contributed by atoms with Crippen molar-refractivity contribution in [2.24, 2.45) is 0 Å².